The van der Waals surface area contributed by atoms with Gasteiger partial charge in [-0.05, 0) is 25.5 Å². The average Bonchev–Trinajstić information content (AvgIpc) is 2.75. The summed E-state index contributed by atoms with van der Waals surface area (Å²) in [6, 6.07) is 4.61. The Kier molecular flexibility index (Phi) is 4.65. The van der Waals surface area contributed by atoms with Gasteiger partial charge < -0.3 is 5.73 Å². The van der Waals surface area contributed by atoms with Crippen molar-refractivity contribution < 1.29 is 0 Å². The van der Waals surface area contributed by atoms with Crippen molar-refractivity contribution in [2.24, 2.45) is 5.73 Å². The normalized spacial score (nSPS) is 27.9. The van der Waals surface area contributed by atoms with Crippen LogP contribution < -0.4 is 5.73 Å². The van der Waals surface area contributed by atoms with Crippen LogP contribution in [0.25, 0.3) is 0 Å². The Morgan fingerprint density at radius 3 is 2.75 bits per heavy atom. The number of rotatable bonds is 3. The van der Waals surface area contributed by atoms with Crippen LogP contribution in [0.5, 0.6) is 0 Å². The summed E-state index contributed by atoms with van der Waals surface area (Å²) < 4.78 is 0. The predicted molar refractivity (Wildman–Crippen MR) is 78.8 cm³/mol. The van der Waals surface area contributed by atoms with E-state index in [4.69, 9.17) is 5.73 Å². The first-order valence-electron chi connectivity index (χ1n) is 5.77. The van der Waals surface area contributed by atoms with Crippen molar-refractivity contribution in [3.63, 3.8) is 0 Å². The number of aryl methyl sites for hydroxylation is 1. The van der Waals surface area contributed by atoms with Gasteiger partial charge in [0.1, 0.15) is 0 Å². The van der Waals surface area contributed by atoms with E-state index in [-0.39, 0.29) is 6.04 Å². The van der Waals surface area contributed by atoms with E-state index in [0.29, 0.717) is 5.25 Å². The summed E-state index contributed by atoms with van der Waals surface area (Å²) in [7, 11) is 0. The second kappa shape index (κ2) is 5.80. The molecule has 0 aromatic carbocycles. The average molecular weight is 273 g/mol. The molecule has 1 aliphatic heterocycles. The summed E-state index contributed by atoms with van der Waals surface area (Å²) in [4.78, 5) is 2.72. The lowest BCUT2D eigenvalue weighted by Gasteiger charge is -2.33. The topological polar surface area (TPSA) is 26.0 Å². The van der Waals surface area contributed by atoms with Crippen LogP contribution in [0, 0.1) is 6.92 Å². The zero-order chi connectivity index (χ0) is 11.5. The lowest BCUT2D eigenvalue weighted by Crippen LogP contribution is -2.35. The van der Waals surface area contributed by atoms with Gasteiger partial charge in [0, 0.05) is 31.8 Å². The van der Waals surface area contributed by atoms with Gasteiger partial charge in [0.15, 0.2) is 0 Å². The molecule has 0 aliphatic carbocycles. The first-order valence-corrected chi connectivity index (χ1v) is 8.69. The van der Waals surface area contributed by atoms with Crippen LogP contribution in [0.15, 0.2) is 12.1 Å². The summed E-state index contributed by atoms with van der Waals surface area (Å²) in [6.07, 6.45) is 1.24. The molecule has 1 fully saturated rings. The van der Waals surface area contributed by atoms with Gasteiger partial charge in [-0.3, -0.25) is 0 Å². The van der Waals surface area contributed by atoms with Gasteiger partial charge in [-0.15, -0.1) is 11.3 Å². The minimum absolute atomic E-state index is 0.224. The Bertz CT molecular complexity index is 337. The standard InChI is InChI=1S/C12H19NS3/c1-3-9-12(15-7-6-14-9)11(13)10-5-4-8(2)16-10/h4-5,9,11-12H,3,6-7,13H2,1-2H3. The molecule has 1 nitrogen and oxygen atoms in total. The van der Waals surface area contributed by atoms with E-state index in [1.54, 1.807) is 0 Å². The third kappa shape index (κ3) is 2.78. The van der Waals surface area contributed by atoms with Gasteiger partial charge >= 0.3 is 0 Å². The van der Waals surface area contributed by atoms with Crippen molar-refractivity contribution in [2.75, 3.05) is 11.5 Å². The number of thioether (sulfide) groups is 2. The Morgan fingerprint density at radius 2 is 2.12 bits per heavy atom. The smallest absolute Gasteiger partial charge is 0.0521 e. The van der Waals surface area contributed by atoms with E-state index >= 15 is 0 Å². The van der Waals surface area contributed by atoms with E-state index in [9.17, 15) is 0 Å². The third-order valence-electron chi connectivity index (χ3n) is 2.94. The van der Waals surface area contributed by atoms with Crippen molar-refractivity contribution in [1.29, 1.82) is 0 Å². The van der Waals surface area contributed by atoms with Crippen LogP contribution in [-0.4, -0.2) is 22.0 Å². The van der Waals surface area contributed by atoms with Gasteiger partial charge in [-0.1, -0.05) is 6.92 Å². The van der Waals surface area contributed by atoms with Crippen molar-refractivity contribution in [1.82, 2.24) is 0 Å². The highest BCUT2D eigenvalue weighted by atomic mass is 32.2. The van der Waals surface area contributed by atoms with Crippen LogP contribution in [-0.2, 0) is 0 Å². The summed E-state index contributed by atoms with van der Waals surface area (Å²) in [6.45, 7) is 4.43. The van der Waals surface area contributed by atoms with E-state index in [1.165, 1.54) is 27.7 Å². The van der Waals surface area contributed by atoms with Gasteiger partial charge in [-0.25, -0.2) is 0 Å². The molecule has 3 unspecified atom stereocenters. The lowest BCUT2D eigenvalue weighted by molar-refractivity contribution is 0.639. The van der Waals surface area contributed by atoms with Crippen LogP contribution in [0.1, 0.15) is 29.1 Å². The van der Waals surface area contributed by atoms with Crippen molar-refractivity contribution in [2.45, 2.75) is 36.8 Å². The summed E-state index contributed by atoms with van der Waals surface area (Å²) in [5.74, 6) is 2.54. The van der Waals surface area contributed by atoms with Gasteiger partial charge in [0.25, 0.3) is 0 Å². The molecule has 2 N–H and O–H groups in total. The predicted octanol–water partition coefficient (Wildman–Crippen LogP) is 3.68. The molecule has 0 saturated carbocycles. The first kappa shape index (κ1) is 12.8. The fourth-order valence-electron chi connectivity index (χ4n) is 2.07. The van der Waals surface area contributed by atoms with Crippen LogP contribution in [0.2, 0.25) is 0 Å². The molecule has 1 aromatic rings. The first-order chi connectivity index (χ1) is 7.72. The molecule has 0 radical (unpaired) electrons. The number of hydrogen-bond acceptors (Lipinski definition) is 4. The van der Waals surface area contributed by atoms with Crippen LogP contribution >= 0.6 is 34.9 Å². The van der Waals surface area contributed by atoms with Crippen molar-refractivity contribution in [3.8, 4) is 0 Å². The quantitative estimate of drug-likeness (QED) is 0.910. The molecule has 90 valence electrons. The molecular weight excluding hydrogens is 254 g/mol. The molecular formula is C12H19NS3. The van der Waals surface area contributed by atoms with Gasteiger partial charge in [0.2, 0.25) is 0 Å². The second-order valence-corrected chi connectivity index (χ2v) is 8.08. The minimum atomic E-state index is 0.224. The van der Waals surface area contributed by atoms with Gasteiger partial charge in [0.05, 0.1) is 6.04 Å². The Labute approximate surface area is 111 Å². The fourth-order valence-corrected chi connectivity index (χ4v) is 6.25. The zero-order valence-electron chi connectivity index (χ0n) is 9.81. The second-order valence-electron chi connectivity index (χ2n) is 4.13. The molecule has 3 atom stereocenters. The van der Waals surface area contributed by atoms with Crippen molar-refractivity contribution >= 4 is 34.9 Å². The largest absolute Gasteiger partial charge is 0.322 e. The van der Waals surface area contributed by atoms with E-state index in [0.717, 1.165) is 5.25 Å². The molecule has 1 saturated heterocycles. The van der Waals surface area contributed by atoms with E-state index in [2.05, 4.69) is 49.5 Å². The zero-order valence-corrected chi connectivity index (χ0v) is 12.3. The monoisotopic (exact) mass is 273 g/mol. The molecule has 0 spiro atoms. The van der Waals surface area contributed by atoms with Crippen molar-refractivity contribution in [3.05, 3.63) is 21.9 Å². The highest BCUT2D eigenvalue weighted by molar-refractivity contribution is 8.07. The van der Waals surface area contributed by atoms with Crippen LogP contribution in [0.3, 0.4) is 0 Å². The highest BCUT2D eigenvalue weighted by Gasteiger charge is 2.31. The van der Waals surface area contributed by atoms with E-state index < -0.39 is 0 Å². The molecule has 1 aliphatic rings. The SMILES string of the molecule is CCC1SCCSC1C(N)c1ccc(C)s1. The summed E-state index contributed by atoms with van der Waals surface area (Å²) in [5.41, 5.74) is 6.43. The van der Waals surface area contributed by atoms with Gasteiger partial charge in [-0.2, -0.15) is 23.5 Å². The minimum Gasteiger partial charge on any atom is -0.322 e. The van der Waals surface area contributed by atoms with Crippen LogP contribution in [0.4, 0.5) is 0 Å². The number of thiophene rings is 1. The molecule has 2 rings (SSSR count). The summed E-state index contributed by atoms with van der Waals surface area (Å²) >= 11 is 6.03. The molecule has 0 amide bonds. The Balaban J connectivity index is 2.10. The maximum absolute atomic E-state index is 6.43. The number of hydrogen-bond donors (Lipinski definition) is 1. The lowest BCUT2D eigenvalue weighted by atomic mass is 10.1. The number of nitrogens with two attached hydrogens (primary N) is 1. The molecule has 1 aromatic heterocycles. The maximum atomic E-state index is 6.43. The molecule has 2 heterocycles. The molecule has 16 heavy (non-hydrogen) atoms. The highest BCUT2D eigenvalue weighted by Crippen LogP contribution is 2.40. The Morgan fingerprint density at radius 1 is 1.38 bits per heavy atom. The maximum Gasteiger partial charge on any atom is 0.0521 e. The Hall–Kier alpha value is 0.360. The molecule has 4 heteroatoms. The van der Waals surface area contributed by atoms with E-state index in [1.807, 2.05) is 11.3 Å². The summed E-state index contributed by atoms with van der Waals surface area (Å²) in [5, 5.41) is 1.33. The molecule has 0 bridgehead atoms. The third-order valence-corrected chi connectivity index (χ3v) is 7.41. The fraction of sp³-hybridized carbons (Fsp3) is 0.667.